The number of aliphatic carboxylic acids is 1. The third-order valence-corrected chi connectivity index (χ3v) is 2.65. The second-order valence-electron chi connectivity index (χ2n) is 3.53. The highest BCUT2D eigenvalue weighted by atomic mass is 32.2. The highest BCUT2D eigenvalue weighted by Gasteiger charge is 2.07. The smallest absolute Gasteiger partial charge is 0.303 e. The number of hydrogen-bond acceptors (Lipinski definition) is 5. The van der Waals surface area contributed by atoms with Crippen LogP contribution in [0.1, 0.15) is 13.3 Å². The van der Waals surface area contributed by atoms with Crippen LogP contribution in [0.15, 0.2) is 17.4 Å². The van der Waals surface area contributed by atoms with E-state index in [-0.39, 0.29) is 12.3 Å². The number of carboxylic acids is 1. The Hall–Kier alpha value is -1.30. The van der Waals surface area contributed by atoms with Crippen molar-refractivity contribution in [2.24, 2.45) is 5.92 Å². The topological polar surface area (TPSA) is 75.1 Å². The molecule has 0 aliphatic carbocycles. The molecule has 0 aliphatic heterocycles. The van der Waals surface area contributed by atoms with E-state index in [4.69, 9.17) is 5.11 Å². The molecule has 1 aromatic rings. The quantitative estimate of drug-likeness (QED) is 0.583. The lowest BCUT2D eigenvalue weighted by atomic mass is 10.1. The Bertz CT molecular complexity index is 360. The van der Waals surface area contributed by atoms with Crippen molar-refractivity contribution in [3.63, 3.8) is 0 Å². The zero-order valence-electron chi connectivity index (χ0n) is 9.30. The largest absolute Gasteiger partial charge is 0.481 e. The van der Waals surface area contributed by atoms with E-state index in [0.29, 0.717) is 6.54 Å². The van der Waals surface area contributed by atoms with Gasteiger partial charge in [0.05, 0.1) is 0 Å². The van der Waals surface area contributed by atoms with Gasteiger partial charge in [-0.1, -0.05) is 6.92 Å². The molecule has 0 bridgehead atoms. The SMILES string of the molecule is CSc1cc(NCC(C)CC(=O)O)ncn1. The van der Waals surface area contributed by atoms with E-state index in [9.17, 15) is 4.79 Å². The molecule has 0 saturated carbocycles. The van der Waals surface area contributed by atoms with E-state index >= 15 is 0 Å². The molecule has 1 heterocycles. The molecule has 1 unspecified atom stereocenters. The molecule has 0 spiro atoms. The minimum atomic E-state index is -0.776. The third-order valence-electron chi connectivity index (χ3n) is 2.01. The Kier molecular flexibility index (Phi) is 5.04. The van der Waals surface area contributed by atoms with Crippen LogP contribution in [0.4, 0.5) is 5.82 Å². The molecule has 6 heteroatoms. The zero-order chi connectivity index (χ0) is 12.0. The fourth-order valence-corrected chi connectivity index (χ4v) is 1.58. The lowest BCUT2D eigenvalue weighted by molar-refractivity contribution is -0.137. The summed E-state index contributed by atoms with van der Waals surface area (Å²) in [7, 11) is 0. The monoisotopic (exact) mass is 241 g/mol. The maximum atomic E-state index is 10.5. The summed E-state index contributed by atoms with van der Waals surface area (Å²) < 4.78 is 0. The van der Waals surface area contributed by atoms with Crippen molar-refractivity contribution in [1.29, 1.82) is 0 Å². The molecule has 1 aromatic heterocycles. The van der Waals surface area contributed by atoms with Gasteiger partial charge in [-0.05, 0) is 12.2 Å². The molecule has 0 amide bonds. The maximum absolute atomic E-state index is 10.5. The second kappa shape index (κ2) is 6.32. The van der Waals surface area contributed by atoms with Gasteiger partial charge in [0.1, 0.15) is 17.2 Å². The van der Waals surface area contributed by atoms with Crippen molar-refractivity contribution >= 4 is 23.5 Å². The first-order valence-electron chi connectivity index (χ1n) is 4.93. The molecule has 0 saturated heterocycles. The third kappa shape index (κ3) is 4.48. The number of hydrogen-bond donors (Lipinski definition) is 2. The lowest BCUT2D eigenvalue weighted by Gasteiger charge is -2.10. The van der Waals surface area contributed by atoms with E-state index in [1.54, 1.807) is 11.8 Å². The summed E-state index contributed by atoms with van der Waals surface area (Å²) in [6.07, 6.45) is 3.60. The van der Waals surface area contributed by atoms with Gasteiger partial charge in [0.15, 0.2) is 0 Å². The number of carboxylic acid groups (broad SMARTS) is 1. The lowest BCUT2D eigenvalue weighted by Crippen LogP contribution is -2.15. The van der Waals surface area contributed by atoms with Crippen LogP contribution in [-0.4, -0.2) is 33.8 Å². The summed E-state index contributed by atoms with van der Waals surface area (Å²) in [4.78, 5) is 18.6. The van der Waals surface area contributed by atoms with Gasteiger partial charge < -0.3 is 10.4 Å². The number of carbonyl (C=O) groups is 1. The predicted molar refractivity (Wildman–Crippen MR) is 63.7 cm³/mol. The first-order chi connectivity index (χ1) is 7.61. The minimum absolute atomic E-state index is 0.0743. The summed E-state index contributed by atoms with van der Waals surface area (Å²) in [5.74, 6) is 0.0311. The Morgan fingerprint density at radius 3 is 3.00 bits per heavy atom. The van der Waals surface area contributed by atoms with Gasteiger partial charge in [-0.2, -0.15) is 0 Å². The normalized spacial score (nSPS) is 12.1. The molecule has 1 rings (SSSR count). The van der Waals surface area contributed by atoms with E-state index in [2.05, 4.69) is 15.3 Å². The summed E-state index contributed by atoms with van der Waals surface area (Å²) in [5, 5.41) is 12.6. The molecular weight excluding hydrogens is 226 g/mol. The van der Waals surface area contributed by atoms with Crippen LogP contribution >= 0.6 is 11.8 Å². The Morgan fingerprint density at radius 1 is 1.62 bits per heavy atom. The van der Waals surface area contributed by atoms with E-state index < -0.39 is 5.97 Å². The molecule has 0 fully saturated rings. The average molecular weight is 241 g/mol. The van der Waals surface area contributed by atoms with Gasteiger partial charge in [0, 0.05) is 19.0 Å². The number of nitrogens with one attached hydrogen (secondary N) is 1. The number of aromatic nitrogens is 2. The standard InChI is InChI=1S/C10H15N3O2S/c1-7(3-10(14)15)5-11-8-4-9(16-2)13-6-12-8/h4,6-7H,3,5H2,1-2H3,(H,14,15)(H,11,12,13). The molecule has 0 aliphatic rings. The van der Waals surface area contributed by atoms with Crippen LogP contribution < -0.4 is 5.32 Å². The summed E-state index contributed by atoms with van der Waals surface area (Å²) >= 11 is 1.54. The zero-order valence-corrected chi connectivity index (χ0v) is 10.1. The van der Waals surface area contributed by atoms with Crippen molar-refractivity contribution in [1.82, 2.24) is 9.97 Å². The Labute approximate surface area is 98.7 Å². The van der Waals surface area contributed by atoms with E-state index in [0.717, 1.165) is 10.8 Å². The fourth-order valence-electron chi connectivity index (χ4n) is 1.20. The number of nitrogens with zero attached hydrogens (tertiary/aromatic N) is 2. The molecule has 2 N–H and O–H groups in total. The van der Waals surface area contributed by atoms with Gasteiger partial charge >= 0.3 is 5.97 Å². The van der Waals surface area contributed by atoms with E-state index in [1.807, 2.05) is 19.2 Å². The second-order valence-corrected chi connectivity index (χ2v) is 4.36. The van der Waals surface area contributed by atoms with Crippen LogP contribution in [0.25, 0.3) is 0 Å². The summed E-state index contributed by atoms with van der Waals surface area (Å²) in [6.45, 7) is 2.48. The number of rotatable bonds is 6. The van der Waals surface area contributed by atoms with Crippen molar-refractivity contribution in [2.45, 2.75) is 18.4 Å². The predicted octanol–water partition coefficient (Wildman–Crippen LogP) is 1.72. The Morgan fingerprint density at radius 2 is 2.38 bits per heavy atom. The first kappa shape index (κ1) is 12.8. The van der Waals surface area contributed by atoms with Gasteiger partial charge in [-0.3, -0.25) is 4.79 Å². The molecule has 88 valence electrons. The van der Waals surface area contributed by atoms with Gasteiger partial charge in [-0.25, -0.2) is 9.97 Å². The van der Waals surface area contributed by atoms with Crippen molar-refractivity contribution in [3.8, 4) is 0 Å². The number of thioether (sulfide) groups is 1. The molecule has 1 atom stereocenters. The van der Waals surface area contributed by atoms with Gasteiger partial charge in [0.2, 0.25) is 0 Å². The van der Waals surface area contributed by atoms with Crippen molar-refractivity contribution in [2.75, 3.05) is 18.1 Å². The fraction of sp³-hybridized carbons (Fsp3) is 0.500. The van der Waals surface area contributed by atoms with Crippen LogP contribution in [-0.2, 0) is 4.79 Å². The molecule has 16 heavy (non-hydrogen) atoms. The van der Waals surface area contributed by atoms with E-state index in [1.165, 1.54) is 6.33 Å². The van der Waals surface area contributed by atoms with Crippen molar-refractivity contribution in [3.05, 3.63) is 12.4 Å². The minimum Gasteiger partial charge on any atom is -0.481 e. The van der Waals surface area contributed by atoms with Crippen LogP contribution in [0.3, 0.4) is 0 Å². The van der Waals surface area contributed by atoms with Crippen LogP contribution in [0.2, 0.25) is 0 Å². The molecular formula is C10H15N3O2S. The first-order valence-corrected chi connectivity index (χ1v) is 6.16. The summed E-state index contributed by atoms with van der Waals surface area (Å²) in [5.41, 5.74) is 0. The summed E-state index contributed by atoms with van der Waals surface area (Å²) in [6, 6.07) is 1.85. The van der Waals surface area contributed by atoms with Gasteiger partial charge in [0.25, 0.3) is 0 Å². The maximum Gasteiger partial charge on any atom is 0.303 e. The van der Waals surface area contributed by atoms with Crippen molar-refractivity contribution < 1.29 is 9.90 Å². The molecule has 5 nitrogen and oxygen atoms in total. The average Bonchev–Trinajstić information content (AvgIpc) is 2.26. The molecule has 0 radical (unpaired) electrons. The van der Waals surface area contributed by atoms with Crippen LogP contribution in [0.5, 0.6) is 0 Å². The molecule has 0 aromatic carbocycles. The Balaban J connectivity index is 2.44. The highest BCUT2D eigenvalue weighted by molar-refractivity contribution is 7.98. The highest BCUT2D eigenvalue weighted by Crippen LogP contribution is 2.14. The van der Waals surface area contributed by atoms with Gasteiger partial charge in [-0.15, -0.1) is 11.8 Å². The van der Waals surface area contributed by atoms with Crippen LogP contribution in [0, 0.1) is 5.92 Å². The number of anilines is 1.